The molecule has 2 heterocycles. The molecule has 0 aliphatic carbocycles. The third-order valence-corrected chi connectivity index (χ3v) is 2.42. The van der Waals surface area contributed by atoms with E-state index < -0.39 is 0 Å². The minimum Gasteiger partial charge on any atom is -0.359 e. The van der Waals surface area contributed by atoms with Crippen molar-refractivity contribution >= 4 is 17.2 Å². The average molecular weight is 233 g/mol. The van der Waals surface area contributed by atoms with E-state index in [0.29, 0.717) is 5.82 Å². The smallest absolute Gasteiger partial charge is 0.241 e. The molecule has 0 spiro atoms. The number of aryl methyl sites for hydroxylation is 1. The Morgan fingerprint density at radius 2 is 2.29 bits per heavy atom. The van der Waals surface area contributed by atoms with Crippen LogP contribution in [0.1, 0.15) is 5.69 Å². The number of rotatable bonds is 3. The summed E-state index contributed by atoms with van der Waals surface area (Å²) in [5.41, 5.74) is 1.79. The van der Waals surface area contributed by atoms with Gasteiger partial charge in [-0.15, -0.1) is 0 Å². The Morgan fingerprint density at radius 1 is 1.53 bits per heavy atom. The van der Waals surface area contributed by atoms with Crippen molar-refractivity contribution in [2.75, 3.05) is 26.0 Å². The van der Waals surface area contributed by atoms with Gasteiger partial charge in [0.1, 0.15) is 5.52 Å². The number of carbonyl (C=O) groups excluding carboxylic acids is 1. The number of nitrogens with one attached hydrogen (secondary N) is 1. The van der Waals surface area contributed by atoms with Crippen molar-refractivity contribution in [3.8, 4) is 0 Å². The van der Waals surface area contributed by atoms with Gasteiger partial charge < -0.3 is 10.2 Å². The van der Waals surface area contributed by atoms with E-state index in [0.717, 1.165) is 11.2 Å². The first-order chi connectivity index (χ1) is 8.08. The molecular weight excluding hydrogens is 218 g/mol. The van der Waals surface area contributed by atoms with Crippen molar-refractivity contribution in [2.24, 2.45) is 0 Å². The summed E-state index contributed by atoms with van der Waals surface area (Å²) in [5, 5.41) is 7.30. The first-order valence-corrected chi connectivity index (χ1v) is 5.33. The lowest BCUT2D eigenvalue weighted by molar-refractivity contribution is -0.126. The Bertz CT molecular complexity index is 546. The van der Waals surface area contributed by atoms with Gasteiger partial charge >= 0.3 is 0 Å². The summed E-state index contributed by atoms with van der Waals surface area (Å²) in [4.78, 5) is 17.2. The number of hydrogen-bond donors (Lipinski definition) is 1. The lowest BCUT2D eigenvalue weighted by Gasteiger charge is -2.11. The fourth-order valence-corrected chi connectivity index (χ4v) is 1.50. The third-order valence-electron chi connectivity index (χ3n) is 2.42. The third kappa shape index (κ3) is 2.35. The van der Waals surface area contributed by atoms with Crippen LogP contribution in [0.5, 0.6) is 0 Å². The van der Waals surface area contributed by atoms with Gasteiger partial charge in [0.05, 0.1) is 12.2 Å². The molecule has 2 rings (SSSR count). The van der Waals surface area contributed by atoms with Crippen LogP contribution in [0.3, 0.4) is 0 Å². The number of nitrogens with zero attached hydrogens (tertiary/aromatic N) is 4. The molecule has 2 aromatic heterocycles. The van der Waals surface area contributed by atoms with Crippen LogP contribution in [-0.2, 0) is 4.79 Å². The minimum atomic E-state index is 0.00467. The Hall–Kier alpha value is -2.11. The second-order valence-corrected chi connectivity index (χ2v) is 4.03. The van der Waals surface area contributed by atoms with E-state index in [2.05, 4.69) is 15.4 Å². The normalized spacial score (nSPS) is 10.5. The number of likely N-dealkylation sites (N-methyl/N-ethyl adjacent to an activating group) is 1. The highest BCUT2D eigenvalue weighted by molar-refractivity contribution is 5.81. The second kappa shape index (κ2) is 4.40. The summed E-state index contributed by atoms with van der Waals surface area (Å²) >= 11 is 0. The summed E-state index contributed by atoms with van der Waals surface area (Å²) in [6.07, 6.45) is 3.43. The van der Waals surface area contributed by atoms with Crippen LogP contribution < -0.4 is 5.32 Å². The highest BCUT2D eigenvalue weighted by Crippen LogP contribution is 2.14. The van der Waals surface area contributed by atoms with Gasteiger partial charge in [-0.25, -0.2) is 9.50 Å². The van der Waals surface area contributed by atoms with Gasteiger partial charge in [0.25, 0.3) is 0 Å². The van der Waals surface area contributed by atoms with Crippen LogP contribution in [0.25, 0.3) is 5.52 Å². The molecule has 0 saturated carbocycles. The van der Waals surface area contributed by atoms with Crippen LogP contribution in [0, 0.1) is 6.92 Å². The molecule has 0 aliphatic rings. The molecule has 6 heteroatoms. The van der Waals surface area contributed by atoms with Crippen LogP contribution in [0.4, 0.5) is 5.82 Å². The Labute approximate surface area is 99.3 Å². The lowest BCUT2D eigenvalue weighted by atomic mass is 10.4. The molecule has 0 aliphatic heterocycles. The summed E-state index contributed by atoms with van der Waals surface area (Å²) < 4.78 is 1.74. The van der Waals surface area contributed by atoms with Gasteiger partial charge in [0, 0.05) is 26.5 Å². The number of aromatic nitrogens is 3. The Morgan fingerprint density at radius 3 is 3.00 bits per heavy atom. The average Bonchev–Trinajstić information content (AvgIpc) is 2.66. The quantitative estimate of drug-likeness (QED) is 0.840. The van der Waals surface area contributed by atoms with Crippen LogP contribution in [0.2, 0.25) is 0 Å². The van der Waals surface area contributed by atoms with E-state index in [9.17, 15) is 4.79 Å². The van der Waals surface area contributed by atoms with Crippen molar-refractivity contribution in [1.29, 1.82) is 0 Å². The molecule has 0 bridgehead atoms. The maximum atomic E-state index is 11.5. The number of anilines is 1. The molecule has 0 unspecified atom stereocenters. The molecular formula is C11H15N5O. The number of amides is 1. The van der Waals surface area contributed by atoms with Gasteiger partial charge in [-0.3, -0.25) is 4.79 Å². The van der Waals surface area contributed by atoms with Crippen LogP contribution in [-0.4, -0.2) is 46.0 Å². The molecule has 0 radical (unpaired) electrons. The molecule has 6 nitrogen and oxygen atoms in total. The number of hydrogen-bond acceptors (Lipinski definition) is 4. The predicted molar refractivity (Wildman–Crippen MR) is 64.9 cm³/mol. The summed E-state index contributed by atoms with van der Waals surface area (Å²) in [6, 6.07) is 1.93. The summed E-state index contributed by atoms with van der Waals surface area (Å²) in [6.45, 7) is 2.14. The van der Waals surface area contributed by atoms with E-state index in [-0.39, 0.29) is 12.5 Å². The molecule has 17 heavy (non-hydrogen) atoms. The van der Waals surface area contributed by atoms with Crippen LogP contribution in [0.15, 0.2) is 18.5 Å². The molecule has 0 fully saturated rings. The standard InChI is InChI=1S/C11H15N5O/c1-8-6-9-11(12-4-5-16(9)14-8)13-7-10(17)15(2)3/h4-6H,7H2,1-3H3,(H,12,13). The molecule has 0 saturated heterocycles. The van der Waals surface area contributed by atoms with E-state index in [1.807, 2.05) is 13.0 Å². The van der Waals surface area contributed by atoms with Crippen molar-refractivity contribution in [2.45, 2.75) is 6.92 Å². The summed E-state index contributed by atoms with van der Waals surface area (Å²) in [7, 11) is 3.45. The Balaban J connectivity index is 2.21. The van der Waals surface area contributed by atoms with E-state index >= 15 is 0 Å². The zero-order valence-electron chi connectivity index (χ0n) is 10.1. The minimum absolute atomic E-state index is 0.00467. The van der Waals surface area contributed by atoms with E-state index in [1.54, 1.807) is 31.0 Å². The molecule has 0 aromatic carbocycles. The first-order valence-electron chi connectivity index (χ1n) is 5.33. The zero-order valence-corrected chi connectivity index (χ0v) is 10.1. The maximum Gasteiger partial charge on any atom is 0.241 e. The van der Waals surface area contributed by atoms with Crippen molar-refractivity contribution in [3.63, 3.8) is 0 Å². The fourth-order valence-electron chi connectivity index (χ4n) is 1.50. The SMILES string of the molecule is Cc1cc2c(NCC(=O)N(C)C)nccn2n1. The van der Waals surface area contributed by atoms with Crippen molar-refractivity contribution < 1.29 is 4.79 Å². The molecule has 1 N–H and O–H groups in total. The van der Waals surface area contributed by atoms with E-state index in [1.165, 1.54) is 4.90 Å². The van der Waals surface area contributed by atoms with Gasteiger partial charge in [-0.1, -0.05) is 0 Å². The van der Waals surface area contributed by atoms with Gasteiger partial charge in [-0.2, -0.15) is 5.10 Å². The number of carbonyl (C=O) groups is 1. The van der Waals surface area contributed by atoms with Crippen molar-refractivity contribution in [1.82, 2.24) is 19.5 Å². The molecule has 0 atom stereocenters. The molecule has 1 amide bonds. The van der Waals surface area contributed by atoms with E-state index in [4.69, 9.17) is 0 Å². The monoisotopic (exact) mass is 233 g/mol. The topological polar surface area (TPSA) is 62.5 Å². The second-order valence-electron chi connectivity index (χ2n) is 4.03. The van der Waals surface area contributed by atoms with Gasteiger partial charge in [-0.05, 0) is 13.0 Å². The first kappa shape index (κ1) is 11.4. The predicted octanol–water partition coefficient (Wildman–Crippen LogP) is 0.538. The zero-order chi connectivity index (χ0) is 12.4. The Kier molecular flexibility index (Phi) is 2.95. The summed E-state index contributed by atoms with van der Waals surface area (Å²) in [5.74, 6) is 0.674. The molecule has 90 valence electrons. The lowest BCUT2D eigenvalue weighted by Crippen LogP contribution is -2.28. The number of fused-ring (bicyclic) bond motifs is 1. The largest absolute Gasteiger partial charge is 0.359 e. The van der Waals surface area contributed by atoms with Crippen molar-refractivity contribution in [3.05, 3.63) is 24.2 Å². The maximum absolute atomic E-state index is 11.5. The van der Waals surface area contributed by atoms with Gasteiger partial charge in [0.2, 0.25) is 5.91 Å². The highest BCUT2D eigenvalue weighted by atomic mass is 16.2. The molecule has 2 aromatic rings. The fraction of sp³-hybridized carbons (Fsp3) is 0.364. The van der Waals surface area contributed by atoms with Gasteiger partial charge in [0.15, 0.2) is 5.82 Å². The highest BCUT2D eigenvalue weighted by Gasteiger charge is 2.08. The van der Waals surface area contributed by atoms with Crippen LogP contribution >= 0.6 is 0 Å².